The van der Waals surface area contributed by atoms with Gasteiger partial charge in [-0.05, 0) is 36.8 Å². The maximum atomic E-state index is 12.4. The van der Waals surface area contributed by atoms with Crippen LogP contribution in [0.15, 0.2) is 36.4 Å². The molecule has 2 rings (SSSR count). The Kier molecular flexibility index (Phi) is 6.10. The highest BCUT2D eigenvalue weighted by Gasteiger charge is 2.13. The maximum absolute atomic E-state index is 12.4. The molecule has 0 aliphatic heterocycles. The largest absolute Gasteiger partial charge is 0.496 e. The van der Waals surface area contributed by atoms with E-state index in [1.165, 1.54) is 14.2 Å². The van der Waals surface area contributed by atoms with Crippen LogP contribution in [0.25, 0.3) is 0 Å². The van der Waals surface area contributed by atoms with Gasteiger partial charge in [-0.2, -0.15) is 0 Å². The minimum absolute atomic E-state index is 0.247. The van der Waals surface area contributed by atoms with Gasteiger partial charge in [0.2, 0.25) is 10.0 Å². The van der Waals surface area contributed by atoms with E-state index >= 15 is 0 Å². The van der Waals surface area contributed by atoms with Crippen LogP contribution in [0.5, 0.6) is 11.5 Å². The fraction of sp³-hybridized carbons (Fsp3) is 0.278. The smallest absolute Gasteiger partial charge is 0.251 e. The van der Waals surface area contributed by atoms with Gasteiger partial charge in [0.15, 0.2) is 0 Å². The molecule has 26 heavy (non-hydrogen) atoms. The lowest BCUT2D eigenvalue weighted by Crippen LogP contribution is -2.23. The predicted molar refractivity (Wildman–Crippen MR) is 100 cm³/mol. The molecule has 1 amide bonds. The van der Waals surface area contributed by atoms with Crippen molar-refractivity contribution in [1.29, 1.82) is 0 Å². The number of nitrogens with one attached hydrogen (secondary N) is 2. The van der Waals surface area contributed by atoms with Crippen LogP contribution < -0.4 is 19.5 Å². The Bertz CT molecular complexity index is 885. The van der Waals surface area contributed by atoms with Gasteiger partial charge < -0.3 is 14.8 Å². The molecule has 2 aromatic rings. The average molecular weight is 378 g/mol. The van der Waals surface area contributed by atoms with Crippen molar-refractivity contribution in [3.05, 3.63) is 53.1 Å². The van der Waals surface area contributed by atoms with Gasteiger partial charge >= 0.3 is 0 Å². The minimum Gasteiger partial charge on any atom is -0.496 e. The summed E-state index contributed by atoms with van der Waals surface area (Å²) in [6.45, 7) is 2.09. The van der Waals surface area contributed by atoms with Crippen LogP contribution in [0.4, 0.5) is 5.69 Å². The molecule has 0 saturated carbocycles. The number of carbonyl (C=O) groups excluding carboxylic acids is 1. The quantitative estimate of drug-likeness (QED) is 0.771. The first-order valence-electron chi connectivity index (χ1n) is 7.81. The molecule has 0 aromatic heterocycles. The first kappa shape index (κ1) is 19.6. The van der Waals surface area contributed by atoms with Crippen LogP contribution in [0.1, 0.15) is 21.5 Å². The third-order valence-corrected chi connectivity index (χ3v) is 4.30. The summed E-state index contributed by atoms with van der Waals surface area (Å²) < 4.78 is 35.6. The van der Waals surface area contributed by atoms with Gasteiger partial charge in [-0.3, -0.25) is 9.52 Å². The van der Waals surface area contributed by atoms with Crippen molar-refractivity contribution in [3.63, 3.8) is 0 Å². The lowest BCUT2D eigenvalue weighted by atomic mass is 10.1. The van der Waals surface area contributed by atoms with E-state index in [0.29, 0.717) is 22.7 Å². The van der Waals surface area contributed by atoms with Crippen molar-refractivity contribution in [3.8, 4) is 11.5 Å². The molecule has 0 heterocycles. The fourth-order valence-electron chi connectivity index (χ4n) is 2.46. The number of sulfonamides is 1. The number of amides is 1. The summed E-state index contributed by atoms with van der Waals surface area (Å²) in [6, 6.07) is 10.1. The van der Waals surface area contributed by atoms with E-state index in [0.717, 1.165) is 17.4 Å². The molecule has 0 spiro atoms. The Morgan fingerprint density at radius 3 is 2.23 bits per heavy atom. The standard InChI is InChI=1S/C18H22N2O5S/c1-12-16(24-2)9-14(10-17(12)25-3)18(21)19-11-13-6-5-7-15(8-13)20-26(4,22)23/h5-10,20H,11H2,1-4H3,(H,19,21). The molecule has 0 saturated heterocycles. The Morgan fingerprint density at radius 2 is 1.69 bits per heavy atom. The molecule has 2 N–H and O–H groups in total. The van der Waals surface area contributed by atoms with E-state index in [-0.39, 0.29) is 12.5 Å². The van der Waals surface area contributed by atoms with Crippen molar-refractivity contribution in [1.82, 2.24) is 5.32 Å². The number of methoxy groups -OCH3 is 2. The summed E-state index contributed by atoms with van der Waals surface area (Å²) in [5.74, 6) is 0.839. The first-order valence-corrected chi connectivity index (χ1v) is 9.70. The van der Waals surface area contributed by atoms with Crippen molar-refractivity contribution >= 4 is 21.6 Å². The molecule has 140 valence electrons. The summed E-state index contributed by atoms with van der Waals surface area (Å²) in [4.78, 5) is 12.4. The van der Waals surface area contributed by atoms with Crippen molar-refractivity contribution in [2.75, 3.05) is 25.2 Å². The highest BCUT2D eigenvalue weighted by molar-refractivity contribution is 7.92. The summed E-state index contributed by atoms with van der Waals surface area (Å²) in [5.41, 5.74) is 2.43. The number of anilines is 1. The van der Waals surface area contributed by atoms with Crippen molar-refractivity contribution in [2.45, 2.75) is 13.5 Å². The van der Waals surface area contributed by atoms with Crippen LogP contribution in [-0.4, -0.2) is 34.8 Å². The van der Waals surface area contributed by atoms with Crippen LogP contribution >= 0.6 is 0 Å². The topological polar surface area (TPSA) is 93.7 Å². The monoisotopic (exact) mass is 378 g/mol. The van der Waals surface area contributed by atoms with Crippen LogP contribution in [0.2, 0.25) is 0 Å². The molecular formula is C18H22N2O5S. The zero-order valence-electron chi connectivity index (χ0n) is 15.1. The third kappa shape index (κ3) is 5.13. The molecule has 0 fully saturated rings. The van der Waals surface area contributed by atoms with Gasteiger partial charge in [-0.1, -0.05) is 12.1 Å². The second-order valence-corrected chi connectivity index (χ2v) is 7.51. The van der Waals surface area contributed by atoms with Gasteiger partial charge in [-0.25, -0.2) is 8.42 Å². The fourth-order valence-corrected chi connectivity index (χ4v) is 3.02. The molecule has 7 nitrogen and oxygen atoms in total. The van der Waals surface area contributed by atoms with E-state index in [9.17, 15) is 13.2 Å². The second-order valence-electron chi connectivity index (χ2n) is 5.76. The number of ether oxygens (including phenoxy) is 2. The Balaban J connectivity index is 2.13. The molecule has 0 radical (unpaired) electrons. The zero-order chi connectivity index (χ0) is 19.3. The van der Waals surface area contributed by atoms with Crippen molar-refractivity contribution in [2.24, 2.45) is 0 Å². The highest BCUT2D eigenvalue weighted by Crippen LogP contribution is 2.29. The summed E-state index contributed by atoms with van der Waals surface area (Å²) in [5, 5.41) is 2.80. The SMILES string of the molecule is COc1cc(C(=O)NCc2cccc(NS(C)(=O)=O)c2)cc(OC)c1C. The van der Waals surface area contributed by atoms with E-state index < -0.39 is 10.0 Å². The number of hydrogen-bond acceptors (Lipinski definition) is 5. The van der Waals surface area contributed by atoms with Gasteiger partial charge in [0.05, 0.1) is 20.5 Å². The summed E-state index contributed by atoms with van der Waals surface area (Å²) in [7, 11) is -0.290. The molecule has 0 unspecified atom stereocenters. The van der Waals surface area contributed by atoms with E-state index in [1.807, 2.05) is 6.92 Å². The van der Waals surface area contributed by atoms with Gasteiger partial charge in [0.25, 0.3) is 5.91 Å². The lowest BCUT2D eigenvalue weighted by Gasteiger charge is -2.13. The number of hydrogen-bond donors (Lipinski definition) is 2. The molecule has 0 atom stereocenters. The van der Waals surface area contributed by atoms with Crippen molar-refractivity contribution < 1.29 is 22.7 Å². The predicted octanol–water partition coefficient (Wildman–Crippen LogP) is 2.31. The van der Waals surface area contributed by atoms with Crippen LogP contribution in [0, 0.1) is 6.92 Å². The van der Waals surface area contributed by atoms with Gasteiger partial charge in [0, 0.05) is 23.4 Å². The Hall–Kier alpha value is -2.74. The molecular weight excluding hydrogens is 356 g/mol. The first-order chi connectivity index (χ1) is 12.2. The normalized spacial score (nSPS) is 10.9. The average Bonchev–Trinajstić information content (AvgIpc) is 2.58. The van der Waals surface area contributed by atoms with Gasteiger partial charge in [0.1, 0.15) is 11.5 Å². The molecule has 0 aliphatic rings. The number of rotatable bonds is 7. The molecule has 0 aliphatic carbocycles. The van der Waals surface area contributed by atoms with Crippen LogP contribution in [0.3, 0.4) is 0 Å². The van der Waals surface area contributed by atoms with Gasteiger partial charge in [-0.15, -0.1) is 0 Å². The minimum atomic E-state index is -3.35. The number of benzene rings is 2. The van der Waals surface area contributed by atoms with E-state index in [2.05, 4.69) is 10.0 Å². The molecule has 8 heteroatoms. The molecule has 2 aromatic carbocycles. The number of carbonyl (C=O) groups is 1. The molecule has 0 bridgehead atoms. The maximum Gasteiger partial charge on any atom is 0.251 e. The highest BCUT2D eigenvalue weighted by atomic mass is 32.2. The summed E-state index contributed by atoms with van der Waals surface area (Å²) in [6.07, 6.45) is 1.08. The Labute approximate surface area is 153 Å². The van der Waals surface area contributed by atoms with Crippen LogP contribution in [-0.2, 0) is 16.6 Å². The summed E-state index contributed by atoms with van der Waals surface area (Å²) >= 11 is 0. The Morgan fingerprint density at radius 1 is 1.08 bits per heavy atom. The lowest BCUT2D eigenvalue weighted by molar-refractivity contribution is 0.0950. The second kappa shape index (κ2) is 8.09. The van der Waals surface area contributed by atoms with E-state index in [1.54, 1.807) is 36.4 Å². The third-order valence-electron chi connectivity index (χ3n) is 3.70. The zero-order valence-corrected chi connectivity index (χ0v) is 15.9. The van der Waals surface area contributed by atoms with E-state index in [4.69, 9.17) is 9.47 Å².